The number of hydrogen-bond donors (Lipinski definition) is 12. The molecule has 6 aliphatic rings. The lowest BCUT2D eigenvalue weighted by molar-refractivity contribution is -0.352. The molecule has 4 aliphatic heterocycles. The molecule has 0 aromatic heterocycles. The summed E-state index contributed by atoms with van der Waals surface area (Å²) in [7, 11) is 2.82. The van der Waals surface area contributed by atoms with Crippen LogP contribution < -0.4 is 0 Å². The van der Waals surface area contributed by atoms with E-state index in [-0.39, 0.29) is 32.1 Å². The van der Waals surface area contributed by atoms with Gasteiger partial charge in [0.1, 0.15) is 86.6 Å². The Morgan fingerprint density at radius 2 is 1.06 bits per heavy atom. The van der Waals surface area contributed by atoms with Crippen molar-refractivity contribution in [3.63, 3.8) is 0 Å². The first kappa shape index (κ1) is 54.5. The van der Waals surface area contributed by atoms with E-state index in [0.29, 0.717) is 0 Å². The molecule has 27 heteroatoms. The van der Waals surface area contributed by atoms with Crippen LogP contribution in [-0.4, -0.2) is 254 Å². The fourth-order valence-corrected chi connectivity index (χ4v) is 9.87. The Hall–Kier alpha value is -2.88. The summed E-state index contributed by atoms with van der Waals surface area (Å²) in [6, 6.07) is 0. The van der Waals surface area contributed by atoms with Crippen LogP contribution in [0.4, 0.5) is 0 Å². The van der Waals surface area contributed by atoms with Crippen molar-refractivity contribution in [1.29, 1.82) is 0 Å². The summed E-state index contributed by atoms with van der Waals surface area (Å²) < 4.78 is 63.5. The van der Waals surface area contributed by atoms with Gasteiger partial charge in [-0.25, -0.2) is 0 Å². The summed E-state index contributed by atoms with van der Waals surface area (Å²) in [4.78, 5) is 45.8. The number of fused-ring (bicyclic) bond motifs is 1. The molecule has 23 unspecified atom stereocenters. The van der Waals surface area contributed by atoms with Crippen LogP contribution in [0.1, 0.15) is 51.9 Å². The first-order chi connectivity index (χ1) is 32.1. The maximum atomic E-state index is 12.0. The number of methoxy groups -OCH3 is 2. The summed E-state index contributed by atoms with van der Waals surface area (Å²) >= 11 is 0. The molecule has 23 atom stereocenters. The third-order valence-electron chi connectivity index (χ3n) is 13.5. The topological polar surface area (TPSA) is 413 Å². The Balaban J connectivity index is 1.20. The van der Waals surface area contributed by atoms with Crippen LogP contribution in [0, 0.1) is 11.8 Å². The van der Waals surface area contributed by atoms with E-state index in [0.717, 1.165) is 0 Å². The lowest BCUT2D eigenvalue weighted by atomic mass is 9.72. The molecule has 4 saturated heterocycles. The van der Waals surface area contributed by atoms with Gasteiger partial charge in [0.05, 0.1) is 55.4 Å². The van der Waals surface area contributed by atoms with E-state index in [1.165, 1.54) is 21.1 Å². The summed E-state index contributed by atoms with van der Waals surface area (Å²) in [6.45, 7) is -0.0291. The zero-order valence-corrected chi connectivity index (χ0v) is 37.3. The molecular formula is C41H64O27. The predicted octanol–water partition coefficient (Wildman–Crippen LogP) is -6.01. The van der Waals surface area contributed by atoms with Gasteiger partial charge in [0, 0.05) is 26.6 Å². The molecule has 6 rings (SSSR count). The van der Waals surface area contributed by atoms with Crippen LogP contribution in [0.15, 0.2) is 0 Å². The zero-order chi connectivity index (χ0) is 49.9. The van der Waals surface area contributed by atoms with Crippen molar-refractivity contribution in [2.24, 2.45) is 11.8 Å². The molecule has 12 N–H and O–H groups in total. The molecule has 0 aromatic carbocycles. The minimum Gasteiger partial charge on any atom is -0.481 e. The Labute approximate surface area is 388 Å². The number of hydrogen-bond acceptors (Lipinski definition) is 25. The van der Waals surface area contributed by atoms with E-state index >= 15 is 0 Å². The minimum absolute atomic E-state index is 0.00617. The van der Waals surface area contributed by atoms with Crippen molar-refractivity contribution >= 4 is 23.9 Å². The highest BCUT2D eigenvalue weighted by Crippen LogP contribution is 2.45. The zero-order valence-electron chi connectivity index (χ0n) is 37.3. The molecule has 68 heavy (non-hydrogen) atoms. The summed E-state index contributed by atoms with van der Waals surface area (Å²) in [5.41, 5.74) is 0. The number of aliphatic hydroxyl groups excluding tert-OH is 10. The van der Waals surface area contributed by atoms with Crippen molar-refractivity contribution < 1.29 is 133 Å². The molecule has 0 amide bonds. The number of carbonyl (C=O) groups is 4. The smallest absolute Gasteiger partial charge is 0.317 e. The molecule has 27 nitrogen and oxygen atoms in total. The van der Waals surface area contributed by atoms with Crippen LogP contribution in [0.25, 0.3) is 0 Å². The molecule has 6 fully saturated rings. The number of rotatable bonds is 17. The summed E-state index contributed by atoms with van der Waals surface area (Å²) in [5.74, 6) is -6.55. The maximum Gasteiger partial charge on any atom is 0.317 e. The molecule has 0 bridgehead atoms. The quantitative estimate of drug-likeness (QED) is 0.0477. The van der Waals surface area contributed by atoms with Crippen LogP contribution >= 0.6 is 0 Å². The number of esters is 2. The summed E-state index contributed by atoms with van der Waals surface area (Å²) in [6.07, 6.45) is -34.7. The van der Waals surface area contributed by atoms with Crippen molar-refractivity contribution in [3.8, 4) is 0 Å². The molecule has 4 heterocycles. The van der Waals surface area contributed by atoms with Gasteiger partial charge in [-0.05, 0) is 38.5 Å². The number of carboxylic acid groups (broad SMARTS) is 2. The predicted molar refractivity (Wildman–Crippen MR) is 213 cm³/mol. The monoisotopic (exact) mass is 988 g/mol. The molecule has 2 saturated carbocycles. The highest BCUT2D eigenvalue weighted by atomic mass is 16.7. The van der Waals surface area contributed by atoms with E-state index < -0.39 is 203 Å². The fourth-order valence-electron chi connectivity index (χ4n) is 9.87. The lowest BCUT2D eigenvalue weighted by Crippen LogP contribution is -2.64. The number of ether oxygens (including phenoxy) is 11. The Morgan fingerprint density at radius 3 is 1.62 bits per heavy atom. The number of aliphatic hydroxyl groups is 10. The van der Waals surface area contributed by atoms with Gasteiger partial charge in [-0.2, -0.15) is 0 Å². The molecule has 2 aliphatic carbocycles. The van der Waals surface area contributed by atoms with E-state index in [4.69, 9.17) is 62.3 Å². The second-order valence-corrected chi connectivity index (χ2v) is 18.1. The van der Waals surface area contributed by atoms with Gasteiger partial charge in [0.25, 0.3) is 0 Å². The van der Waals surface area contributed by atoms with E-state index in [1.807, 2.05) is 0 Å². The van der Waals surface area contributed by atoms with Gasteiger partial charge >= 0.3 is 23.9 Å². The fraction of sp³-hybridized carbons (Fsp3) is 0.902. The second-order valence-electron chi connectivity index (χ2n) is 18.1. The minimum atomic E-state index is -1.93. The largest absolute Gasteiger partial charge is 0.481 e. The number of carbonyl (C=O) groups excluding carboxylic acids is 2. The number of aliphatic carboxylic acids is 2. The Kier molecular flexibility index (Phi) is 18.9. The molecule has 0 spiro atoms. The van der Waals surface area contributed by atoms with Crippen LogP contribution in [0.3, 0.4) is 0 Å². The molecule has 390 valence electrons. The van der Waals surface area contributed by atoms with Gasteiger partial charge < -0.3 is 113 Å². The van der Waals surface area contributed by atoms with Gasteiger partial charge in [-0.3, -0.25) is 19.2 Å². The number of carboxylic acids is 2. The van der Waals surface area contributed by atoms with E-state index in [9.17, 15) is 70.2 Å². The average molecular weight is 989 g/mol. The average Bonchev–Trinajstić information content (AvgIpc) is 3.28. The lowest BCUT2D eigenvalue weighted by Gasteiger charge is -2.53. The first-order valence-electron chi connectivity index (χ1n) is 22.3. The van der Waals surface area contributed by atoms with Crippen molar-refractivity contribution in [3.05, 3.63) is 0 Å². The SMILES string of the molecule is COC1CC(C2OC3CC(O)CC(OC4OC(COC(=O)CC(=O)O)C(O)C(O)C4O)C3CC2OC2OC(COC3OC(C)C(OC(=O)CC(=O)O)C(O)C3O)C(O)C(O)C2O)CC(OC)C1O. The normalized spacial score (nSPS) is 46.5. The Morgan fingerprint density at radius 1 is 0.529 bits per heavy atom. The third kappa shape index (κ3) is 12.6. The van der Waals surface area contributed by atoms with Crippen LogP contribution in [0.2, 0.25) is 0 Å². The van der Waals surface area contributed by atoms with Gasteiger partial charge in [0.15, 0.2) is 25.0 Å². The molecule has 0 radical (unpaired) electrons. The van der Waals surface area contributed by atoms with E-state index in [1.54, 1.807) is 0 Å². The second kappa shape index (κ2) is 23.6. The first-order valence-corrected chi connectivity index (χ1v) is 22.3. The van der Waals surface area contributed by atoms with Crippen molar-refractivity contribution in [1.82, 2.24) is 0 Å². The summed E-state index contributed by atoms with van der Waals surface area (Å²) in [5, 5.41) is 127. The molecule has 0 aromatic rings. The highest BCUT2D eigenvalue weighted by molar-refractivity contribution is 5.90. The van der Waals surface area contributed by atoms with Crippen LogP contribution in [-0.2, 0) is 71.3 Å². The van der Waals surface area contributed by atoms with E-state index in [2.05, 4.69) is 0 Å². The Bertz CT molecular complexity index is 1680. The van der Waals surface area contributed by atoms with Crippen molar-refractivity contribution in [2.45, 2.75) is 193 Å². The van der Waals surface area contributed by atoms with Crippen LogP contribution in [0.5, 0.6) is 0 Å². The van der Waals surface area contributed by atoms with Gasteiger partial charge in [-0.1, -0.05) is 0 Å². The standard InChI is InChI=1S/C41H64O27/c1-13-37(68-27(48)10-25(45)46)33(54)36(57)39(62-13)61-12-23-30(51)32(53)35(56)41(67-23)65-21-8-16-17(63-38(21)14-4-19(58-2)28(49)20(5-14)59-3)6-15(42)7-18(16)64-40-34(55)31(52)29(50)22(66-40)11-60-26(47)9-24(43)44/h13-23,28-42,49-57H,4-12H2,1-3H3,(H,43,44)(H,45,46). The van der Waals surface area contributed by atoms with Crippen molar-refractivity contribution in [2.75, 3.05) is 27.4 Å². The van der Waals surface area contributed by atoms with Gasteiger partial charge in [0.2, 0.25) is 0 Å². The third-order valence-corrected chi connectivity index (χ3v) is 13.5. The highest BCUT2D eigenvalue weighted by Gasteiger charge is 2.55. The maximum absolute atomic E-state index is 12.0. The molecular weight excluding hydrogens is 924 g/mol. The van der Waals surface area contributed by atoms with Gasteiger partial charge in [-0.15, -0.1) is 0 Å².